The van der Waals surface area contributed by atoms with Crippen LogP contribution in [0.5, 0.6) is 0 Å². The molecular formula is C21H28N4O3S. The van der Waals surface area contributed by atoms with Crippen molar-refractivity contribution in [1.82, 2.24) is 15.2 Å². The van der Waals surface area contributed by atoms with Crippen LogP contribution in [0.4, 0.5) is 5.13 Å². The van der Waals surface area contributed by atoms with Gasteiger partial charge in [0.15, 0.2) is 10.9 Å². The van der Waals surface area contributed by atoms with Gasteiger partial charge in [0, 0.05) is 41.7 Å². The molecule has 0 unspecified atom stereocenters. The van der Waals surface area contributed by atoms with E-state index in [1.807, 2.05) is 0 Å². The van der Waals surface area contributed by atoms with Crippen molar-refractivity contribution in [3.05, 3.63) is 46.5 Å². The first-order chi connectivity index (χ1) is 13.7. The molecule has 156 valence electrons. The molecule has 0 fully saturated rings. The highest BCUT2D eigenvalue weighted by Gasteiger charge is 2.16. The zero-order valence-electron chi connectivity index (χ0n) is 17.5. The molecule has 0 aliphatic carbocycles. The van der Waals surface area contributed by atoms with Crippen LogP contribution in [-0.4, -0.2) is 52.7 Å². The van der Waals surface area contributed by atoms with Crippen molar-refractivity contribution < 1.29 is 14.4 Å². The van der Waals surface area contributed by atoms with Crippen LogP contribution in [0.2, 0.25) is 0 Å². The summed E-state index contributed by atoms with van der Waals surface area (Å²) in [6.07, 6.45) is 0. The monoisotopic (exact) mass is 416 g/mol. The van der Waals surface area contributed by atoms with Crippen LogP contribution in [0.25, 0.3) is 0 Å². The van der Waals surface area contributed by atoms with Gasteiger partial charge < -0.3 is 5.32 Å². The van der Waals surface area contributed by atoms with Gasteiger partial charge in [-0.2, -0.15) is 0 Å². The quantitative estimate of drug-likeness (QED) is 0.611. The van der Waals surface area contributed by atoms with Gasteiger partial charge in [0.1, 0.15) is 5.69 Å². The lowest BCUT2D eigenvalue weighted by Gasteiger charge is -2.30. The minimum absolute atomic E-state index is 0.110. The van der Waals surface area contributed by atoms with Crippen molar-refractivity contribution >= 4 is 34.1 Å². The molecule has 0 saturated heterocycles. The highest BCUT2D eigenvalue weighted by Crippen LogP contribution is 2.17. The van der Waals surface area contributed by atoms with Crippen LogP contribution in [-0.2, 0) is 0 Å². The summed E-state index contributed by atoms with van der Waals surface area (Å²) in [7, 11) is 0. The molecule has 1 heterocycles. The number of rotatable bonds is 9. The maximum atomic E-state index is 12.4. The molecule has 2 N–H and O–H groups in total. The van der Waals surface area contributed by atoms with Gasteiger partial charge in [0.05, 0.1) is 0 Å². The zero-order valence-corrected chi connectivity index (χ0v) is 18.3. The molecule has 8 heteroatoms. The maximum absolute atomic E-state index is 12.4. The molecule has 0 bridgehead atoms. The fourth-order valence-corrected chi connectivity index (χ4v) is 3.67. The third-order valence-electron chi connectivity index (χ3n) is 4.47. The number of aromatic nitrogens is 1. The largest absolute Gasteiger partial charge is 0.349 e. The van der Waals surface area contributed by atoms with Gasteiger partial charge in [-0.1, -0.05) is 12.1 Å². The normalized spacial score (nSPS) is 11.2. The van der Waals surface area contributed by atoms with E-state index >= 15 is 0 Å². The van der Waals surface area contributed by atoms with Crippen molar-refractivity contribution in [3.63, 3.8) is 0 Å². The lowest BCUT2D eigenvalue weighted by Crippen LogP contribution is -2.42. The predicted octanol–water partition coefficient (Wildman–Crippen LogP) is 3.45. The number of carbonyl (C=O) groups is 3. The molecule has 0 aliphatic heterocycles. The lowest BCUT2D eigenvalue weighted by atomic mass is 10.1. The molecule has 0 aliphatic rings. The molecule has 29 heavy (non-hydrogen) atoms. The average Bonchev–Trinajstić information content (AvgIpc) is 3.13. The molecule has 2 aromatic rings. The molecule has 0 saturated carbocycles. The first-order valence-electron chi connectivity index (χ1n) is 9.61. The van der Waals surface area contributed by atoms with E-state index in [4.69, 9.17) is 0 Å². The fourth-order valence-electron chi connectivity index (χ4n) is 2.99. The number of benzene rings is 1. The topological polar surface area (TPSA) is 91.4 Å². The average molecular weight is 417 g/mol. The summed E-state index contributed by atoms with van der Waals surface area (Å²) < 4.78 is 0. The van der Waals surface area contributed by atoms with Crippen molar-refractivity contribution in [2.24, 2.45) is 0 Å². The minimum atomic E-state index is -0.376. The van der Waals surface area contributed by atoms with Gasteiger partial charge in [-0.3, -0.25) is 24.6 Å². The summed E-state index contributed by atoms with van der Waals surface area (Å²) in [6.45, 7) is 11.2. The van der Waals surface area contributed by atoms with E-state index in [1.54, 1.807) is 23.6 Å². The van der Waals surface area contributed by atoms with Crippen LogP contribution < -0.4 is 10.6 Å². The number of nitrogens with one attached hydrogen (secondary N) is 2. The molecule has 1 aromatic heterocycles. The Morgan fingerprint density at radius 1 is 1.07 bits per heavy atom. The fraction of sp³-hybridized carbons (Fsp3) is 0.429. The Balaban J connectivity index is 1.93. The molecule has 0 spiro atoms. The van der Waals surface area contributed by atoms with E-state index < -0.39 is 0 Å². The Labute approximate surface area is 175 Å². The molecular weight excluding hydrogens is 388 g/mol. The SMILES string of the molecule is CC(=O)c1cccc(C(=O)Nc2nc(C(=O)NCCN(C(C)C)C(C)C)cs2)c1. The summed E-state index contributed by atoms with van der Waals surface area (Å²) in [4.78, 5) is 42.7. The van der Waals surface area contributed by atoms with E-state index in [9.17, 15) is 14.4 Å². The minimum Gasteiger partial charge on any atom is -0.349 e. The van der Waals surface area contributed by atoms with Gasteiger partial charge in [0.25, 0.3) is 11.8 Å². The highest BCUT2D eigenvalue weighted by atomic mass is 32.1. The van der Waals surface area contributed by atoms with Crippen LogP contribution in [0, 0.1) is 0 Å². The van der Waals surface area contributed by atoms with Crippen LogP contribution >= 0.6 is 11.3 Å². The second kappa shape index (κ2) is 10.3. The van der Waals surface area contributed by atoms with E-state index in [2.05, 4.69) is 48.2 Å². The van der Waals surface area contributed by atoms with E-state index in [1.165, 1.54) is 24.3 Å². The number of amides is 2. The zero-order chi connectivity index (χ0) is 21.6. The van der Waals surface area contributed by atoms with E-state index in [-0.39, 0.29) is 23.3 Å². The second-order valence-corrected chi connectivity index (χ2v) is 8.17. The Bertz CT molecular complexity index is 868. The lowest BCUT2D eigenvalue weighted by molar-refractivity contribution is 0.0933. The number of hydrogen-bond acceptors (Lipinski definition) is 6. The van der Waals surface area contributed by atoms with Gasteiger partial charge in [-0.05, 0) is 46.8 Å². The summed E-state index contributed by atoms with van der Waals surface area (Å²) in [5.74, 6) is -0.756. The third kappa shape index (κ3) is 6.47. The van der Waals surface area contributed by atoms with Crippen molar-refractivity contribution in [2.45, 2.75) is 46.7 Å². The number of thiazole rings is 1. The number of hydrogen-bond donors (Lipinski definition) is 2. The maximum Gasteiger partial charge on any atom is 0.270 e. The third-order valence-corrected chi connectivity index (χ3v) is 5.23. The first-order valence-corrected chi connectivity index (χ1v) is 10.5. The van der Waals surface area contributed by atoms with E-state index in [0.717, 1.165) is 6.54 Å². The van der Waals surface area contributed by atoms with Gasteiger partial charge >= 0.3 is 0 Å². The number of nitrogens with zero attached hydrogens (tertiary/aromatic N) is 2. The van der Waals surface area contributed by atoms with Gasteiger partial charge in [-0.15, -0.1) is 11.3 Å². The van der Waals surface area contributed by atoms with E-state index in [0.29, 0.717) is 34.9 Å². The standard InChI is InChI=1S/C21H28N4O3S/c1-13(2)25(14(3)4)10-9-22-20(28)18-12-29-21(23-18)24-19(27)17-8-6-7-16(11-17)15(5)26/h6-8,11-14H,9-10H2,1-5H3,(H,22,28)(H,23,24,27). The van der Waals surface area contributed by atoms with Crippen molar-refractivity contribution in [1.29, 1.82) is 0 Å². The number of ketones is 1. The smallest absolute Gasteiger partial charge is 0.270 e. The summed E-state index contributed by atoms with van der Waals surface area (Å²) in [6, 6.07) is 7.27. The predicted molar refractivity (Wildman–Crippen MR) is 116 cm³/mol. The Morgan fingerprint density at radius 2 is 1.72 bits per heavy atom. The van der Waals surface area contributed by atoms with Gasteiger partial charge in [0.2, 0.25) is 0 Å². The van der Waals surface area contributed by atoms with Crippen LogP contribution in [0.3, 0.4) is 0 Å². The molecule has 1 aromatic carbocycles. The summed E-state index contributed by atoms with van der Waals surface area (Å²) >= 11 is 1.18. The highest BCUT2D eigenvalue weighted by molar-refractivity contribution is 7.14. The summed E-state index contributed by atoms with van der Waals surface area (Å²) in [5.41, 5.74) is 1.10. The van der Waals surface area contributed by atoms with Crippen LogP contribution in [0.15, 0.2) is 29.6 Å². The Morgan fingerprint density at radius 3 is 2.34 bits per heavy atom. The second-order valence-electron chi connectivity index (χ2n) is 7.31. The first kappa shape index (κ1) is 22.7. The van der Waals surface area contributed by atoms with Crippen molar-refractivity contribution in [2.75, 3.05) is 18.4 Å². The number of Topliss-reactive ketones (excluding diaryl/α,β-unsaturated/α-hetero) is 1. The Hall–Kier alpha value is -2.58. The molecule has 2 amide bonds. The molecule has 2 rings (SSSR count). The Kier molecular flexibility index (Phi) is 8.04. The molecule has 0 atom stereocenters. The van der Waals surface area contributed by atoms with Crippen molar-refractivity contribution in [3.8, 4) is 0 Å². The summed E-state index contributed by atoms with van der Waals surface area (Å²) in [5, 5.41) is 7.49. The van der Waals surface area contributed by atoms with Crippen LogP contribution in [0.1, 0.15) is 65.8 Å². The molecule has 0 radical (unpaired) electrons. The molecule has 7 nitrogen and oxygen atoms in total. The van der Waals surface area contributed by atoms with Gasteiger partial charge in [-0.25, -0.2) is 4.98 Å². The number of carbonyl (C=O) groups excluding carboxylic acids is 3. The number of anilines is 1.